The second-order valence-corrected chi connectivity index (χ2v) is 12.8. The van der Waals surface area contributed by atoms with Crippen molar-refractivity contribution in [2.75, 3.05) is 11.9 Å². The molecule has 0 amide bonds. The van der Waals surface area contributed by atoms with E-state index in [1.165, 1.54) is 12.8 Å². The normalized spacial score (nSPS) is 17.4. The minimum atomic E-state index is -2.14. The second kappa shape index (κ2) is 8.37. The van der Waals surface area contributed by atoms with Crippen molar-refractivity contribution in [3.8, 4) is 0 Å². The first-order valence-corrected chi connectivity index (χ1v) is 10.2. The molecule has 0 aromatic heterocycles. The molecule has 0 aromatic rings. The maximum atomic E-state index is 10.2. The van der Waals surface area contributed by atoms with Crippen molar-refractivity contribution in [3.05, 3.63) is 0 Å². The molecule has 2 atom stereocenters. The van der Waals surface area contributed by atoms with Crippen molar-refractivity contribution in [2.24, 2.45) is 11.3 Å². The standard InChI is InChI=1S/C11H25OPS2.ClH/c1-6-7-10(2)8-15-13(12,14)9-11(3,4)5;/h10H,6-9H2,1-5H3,(H,12,14);1H. The first kappa shape index (κ1) is 19.6. The highest BCUT2D eigenvalue weighted by molar-refractivity contribution is 8.69. The van der Waals surface area contributed by atoms with E-state index in [0.717, 1.165) is 11.9 Å². The molecule has 0 aliphatic carbocycles. The molecule has 0 saturated heterocycles. The van der Waals surface area contributed by atoms with E-state index < -0.39 is 5.47 Å². The second-order valence-electron chi connectivity index (χ2n) is 5.55. The molecule has 0 saturated carbocycles. The van der Waals surface area contributed by atoms with Gasteiger partial charge in [-0.15, -0.1) is 12.4 Å². The molecular formula is C11H26ClOPS2. The molecule has 0 spiro atoms. The Labute approximate surface area is 116 Å². The SMILES string of the molecule is CCCC(C)CSP(O)(=S)CC(C)(C)C.Cl. The minimum Gasteiger partial charge on any atom is -0.357 e. The monoisotopic (exact) mass is 304 g/mol. The van der Waals surface area contributed by atoms with Crippen LogP contribution in [0.1, 0.15) is 47.5 Å². The summed E-state index contributed by atoms with van der Waals surface area (Å²) in [5.41, 5.74) is -2.00. The highest BCUT2D eigenvalue weighted by Gasteiger charge is 2.23. The number of halogens is 1. The third-order valence-corrected chi connectivity index (χ3v) is 7.87. The van der Waals surface area contributed by atoms with Gasteiger partial charge in [0.25, 0.3) is 0 Å². The fraction of sp³-hybridized carbons (Fsp3) is 1.00. The third kappa shape index (κ3) is 11.7. The van der Waals surface area contributed by atoms with Crippen molar-refractivity contribution >= 4 is 41.1 Å². The smallest absolute Gasteiger partial charge is 0.117 e. The summed E-state index contributed by atoms with van der Waals surface area (Å²) in [5, 5.41) is 0. The molecule has 0 heterocycles. The van der Waals surface area contributed by atoms with Crippen molar-refractivity contribution < 1.29 is 4.89 Å². The van der Waals surface area contributed by atoms with Crippen LogP contribution in [0.5, 0.6) is 0 Å². The van der Waals surface area contributed by atoms with Crippen molar-refractivity contribution in [1.82, 2.24) is 0 Å². The van der Waals surface area contributed by atoms with Gasteiger partial charge >= 0.3 is 0 Å². The Bertz CT molecular complexity index is 229. The quantitative estimate of drug-likeness (QED) is 0.703. The summed E-state index contributed by atoms with van der Waals surface area (Å²) in [5.74, 6) is 1.69. The van der Waals surface area contributed by atoms with Crippen molar-refractivity contribution in [2.45, 2.75) is 47.5 Å². The number of rotatable bonds is 6. The van der Waals surface area contributed by atoms with Crippen LogP contribution < -0.4 is 0 Å². The van der Waals surface area contributed by atoms with Gasteiger partial charge in [0.2, 0.25) is 0 Å². The molecule has 0 radical (unpaired) electrons. The van der Waals surface area contributed by atoms with Crippen molar-refractivity contribution in [3.63, 3.8) is 0 Å². The summed E-state index contributed by atoms with van der Waals surface area (Å²) in [7, 11) is 0. The van der Waals surface area contributed by atoms with Gasteiger partial charge in [-0.1, -0.05) is 70.6 Å². The van der Waals surface area contributed by atoms with E-state index in [2.05, 4.69) is 34.6 Å². The molecule has 0 rings (SSSR count). The van der Waals surface area contributed by atoms with E-state index in [0.29, 0.717) is 5.92 Å². The topological polar surface area (TPSA) is 20.2 Å². The van der Waals surface area contributed by atoms with Gasteiger partial charge < -0.3 is 4.89 Å². The molecule has 0 aliphatic heterocycles. The number of hydrogen-bond acceptors (Lipinski definition) is 2. The lowest BCUT2D eigenvalue weighted by Crippen LogP contribution is -2.11. The van der Waals surface area contributed by atoms with Gasteiger partial charge in [0.05, 0.1) is 0 Å². The lowest BCUT2D eigenvalue weighted by atomic mass is 10.0. The predicted octanol–water partition coefficient (Wildman–Crippen LogP) is 4.93. The first-order chi connectivity index (χ1) is 6.66. The fourth-order valence-electron chi connectivity index (χ4n) is 1.46. The van der Waals surface area contributed by atoms with Gasteiger partial charge in [-0.3, -0.25) is 0 Å². The summed E-state index contributed by atoms with van der Waals surface area (Å²) < 4.78 is 0. The molecule has 5 heteroatoms. The molecule has 0 fully saturated rings. The van der Waals surface area contributed by atoms with Crippen LogP contribution in [0.2, 0.25) is 0 Å². The maximum absolute atomic E-state index is 10.2. The van der Waals surface area contributed by atoms with Crippen LogP contribution in [0.15, 0.2) is 0 Å². The highest BCUT2D eigenvalue weighted by atomic mass is 35.5. The molecular weight excluding hydrogens is 279 g/mol. The van der Waals surface area contributed by atoms with E-state index in [-0.39, 0.29) is 17.8 Å². The van der Waals surface area contributed by atoms with Gasteiger partial charge in [-0.2, -0.15) is 0 Å². The molecule has 1 N–H and O–H groups in total. The van der Waals surface area contributed by atoms with Crippen LogP contribution in [-0.4, -0.2) is 16.8 Å². The zero-order valence-corrected chi connectivity index (χ0v) is 14.4. The molecule has 0 bridgehead atoms. The van der Waals surface area contributed by atoms with Crippen LogP contribution in [-0.2, 0) is 11.8 Å². The summed E-state index contributed by atoms with van der Waals surface area (Å²) in [6.45, 7) is 10.9. The van der Waals surface area contributed by atoms with Crippen LogP contribution >= 0.6 is 29.3 Å². The Morgan fingerprint density at radius 2 is 1.88 bits per heavy atom. The van der Waals surface area contributed by atoms with Crippen LogP contribution in [0.25, 0.3) is 0 Å². The molecule has 1 nitrogen and oxygen atoms in total. The molecule has 100 valence electrons. The molecule has 0 aliphatic rings. The average Bonchev–Trinajstić information content (AvgIpc) is 1.97. The molecule has 2 unspecified atom stereocenters. The zero-order chi connectivity index (χ0) is 12.1. The summed E-state index contributed by atoms with van der Waals surface area (Å²) in [4.78, 5) is 10.2. The fourth-order valence-corrected chi connectivity index (χ4v) is 8.02. The Hall–Kier alpha value is 1.25. The summed E-state index contributed by atoms with van der Waals surface area (Å²) >= 11 is 6.96. The van der Waals surface area contributed by atoms with Crippen LogP contribution in [0.4, 0.5) is 0 Å². The average molecular weight is 305 g/mol. The van der Waals surface area contributed by atoms with E-state index in [9.17, 15) is 4.89 Å². The van der Waals surface area contributed by atoms with Crippen LogP contribution in [0.3, 0.4) is 0 Å². The predicted molar refractivity (Wildman–Crippen MR) is 84.6 cm³/mol. The van der Waals surface area contributed by atoms with E-state index in [1.807, 2.05) is 0 Å². The Morgan fingerprint density at radius 1 is 1.38 bits per heavy atom. The first-order valence-electron chi connectivity index (χ1n) is 5.62. The summed E-state index contributed by atoms with van der Waals surface area (Å²) in [6.07, 6.45) is 3.23. The van der Waals surface area contributed by atoms with E-state index in [1.54, 1.807) is 11.4 Å². The maximum Gasteiger partial charge on any atom is 0.117 e. The lowest BCUT2D eigenvalue weighted by molar-refractivity contribution is 0.464. The lowest BCUT2D eigenvalue weighted by Gasteiger charge is -2.25. The third-order valence-electron chi connectivity index (χ3n) is 2.02. The van der Waals surface area contributed by atoms with Gasteiger partial charge in [-0.25, -0.2) is 0 Å². The van der Waals surface area contributed by atoms with Gasteiger partial charge in [-0.05, 0) is 11.3 Å². The largest absolute Gasteiger partial charge is 0.357 e. The molecule has 0 aromatic carbocycles. The van der Waals surface area contributed by atoms with E-state index >= 15 is 0 Å². The number of hydrogen-bond donors (Lipinski definition) is 1. The van der Waals surface area contributed by atoms with Gasteiger partial charge in [0, 0.05) is 11.9 Å². The Balaban J connectivity index is 0. The minimum absolute atomic E-state index is 0. The zero-order valence-electron chi connectivity index (χ0n) is 11.0. The van der Waals surface area contributed by atoms with E-state index in [4.69, 9.17) is 11.8 Å². The Morgan fingerprint density at radius 3 is 2.25 bits per heavy atom. The highest BCUT2D eigenvalue weighted by Crippen LogP contribution is 2.58. The Kier molecular flexibility index (Phi) is 10.2. The van der Waals surface area contributed by atoms with Gasteiger partial charge in [0.1, 0.15) is 5.47 Å². The van der Waals surface area contributed by atoms with Gasteiger partial charge in [0.15, 0.2) is 0 Å². The van der Waals surface area contributed by atoms with Crippen LogP contribution in [0, 0.1) is 11.3 Å². The molecule has 16 heavy (non-hydrogen) atoms. The summed E-state index contributed by atoms with van der Waals surface area (Å²) in [6, 6.07) is 0. The van der Waals surface area contributed by atoms with Crippen molar-refractivity contribution in [1.29, 1.82) is 0 Å².